The number of nitro benzene ring substituents is 1. The number of nitrogens with zero attached hydrogens (tertiary/aromatic N) is 2. The molecule has 1 amide bonds. The number of carbonyl (C=O) groups excluding carboxylic acids is 1. The molecule has 8 heteroatoms. The molecule has 7 nitrogen and oxygen atoms in total. The van der Waals surface area contributed by atoms with E-state index in [9.17, 15) is 19.3 Å². The summed E-state index contributed by atoms with van der Waals surface area (Å²) in [6.07, 6.45) is 0. The lowest BCUT2D eigenvalue weighted by atomic mass is 10.1. The molecular formula is C16H14FN3O4. The number of benzene rings is 2. The summed E-state index contributed by atoms with van der Waals surface area (Å²) >= 11 is 0. The van der Waals surface area contributed by atoms with Gasteiger partial charge in [0.1, 0.15) is 5.82 Å². The van der Waals surface area contributed by atoms with Gasteiger partial charge in [0.15, 0.2) is 5.75 Å². The first kappa shape index (κ1) is 17.1. The molecule has 1 N–H and O–H groups in total. The van der Waals surface area contributed by atoms with Crippen molar-refractivity contribution >= 4 is 17.3 Å². The van der Waals surface area contributed by atoms with Gasteiger partial charge in [0.2, 0.25) is 0 Å². The first-order valence-corrected chi connectivity index (χ1v) is 6.85. The minimum absolute atomic E-state index is 0.131. The van der Waals surface area contributed by atoms with Crippen molar-refractivity contribution in [3.8, 4) is 5.75 Å². The number of carbonyl (C=O) groups is 1. The number of amides is 1. The molecular weight excluding hydrogens is 317 g/mol. The van der Waals surface area contributed by atoms with Gasteiger partial charge < -0.3 is 4.74 Å². The highest BCUT2D eigenvalue weighted by Crippen LogP contribution is 2.27. The lowest BCUT2D eigenvalue weighted by Crippen LogP contribution is -2.19. The SMILES string of the molecule is COc1ccc(C(C)=NNC(=O)c2ccc(F)cc2)cc1[N+](=O)[O-]. The minimum Gasteiger partial charge on any atom is -0.490 e. The molecule has 0 saturated heterocycles. The summed E-state index contributed by atoms with van der Waals surface area (Å²) in [5.41, 5.74) is 3.20. The van der Waals surface area contributed by atoms with Crippen LogP contribution in [0.5, 0.6) is 5.75 Å². The molecule has 0 atom stereocenters. The van der Waals surface area contributed by atoms with Crippen LogP contribution in [0.25, 0.3) is 0 Å². The molecule has 0 aliphatic heterocycles. The number of hydrogen-bond acceptors (Lipinski definition) is 5. The standard InChI is InChI=1S/C16H14FN3O4/c1-10(12-5-8-15(24-2)14(9-12)20(22)23)18-19-16(21)11-3-6-13(17)7-4-11/h3-9H,1-2H3,(H,19,21). The summed E-state index contributed by atoms with van der Waals surface area (Å²) in [6, 6.07) is 9.34. The van der Waals surface area contributed by atoms with Gasteiger partial charge in [0, 0.05) is 17.2 Å². The average Bonchev–Trinajstić information content (AvgIpc) is 2.59. The molecule has 0 unspecified atom stereocenters. The van der Waals surface area contributed by atoms with Crippen molar-refractivity contribution in [3.63, 3.8) is 0 Å². The van der Waals surface area contributed by atoms with E-state index in [2.05, 4.69) is 10.5 Å². The second-order valence-electron chi connectivity index (χ2n) is 4.79. The number of nitrogens with one attached hydrogen (secondary N) is 1. The molecule has 0 aliphatic carbocycles. The summed E-state index contributed by atoms with van der Waals surface area (Å²) in [5, 5.41) is 14.9. The highest BCUT2D eigenvalue weighted by molar-refractivity contribution is 6.01. The zero-order valence-electron chi connectivity index (χ0n) is 12.9. The molecule has 0 heterocycles. The number of methoxy groups -OCH3 is 1. The van der Waals surface area contributed by atoms with Crippen molar-refractivity contribution in [1.29, 1.82) is 0 Å². The smallest absolute Gasteiger partial charge is 0.311 e. The van der Waals surface area contributed by atoms with Crippen LogP contribution in [0.15, 0.2) is 47.6 Å². The van der Waals surface area contributed by atoms with E-state index in [1.165, 1.54) is 31.4 Å². The molecule has 2 rings (SSSR count). The van der Waals surface area contributed by atoms with E-state index in [1.54, 1.807) is 13.0 Å². The Morgan fingerprint density at radius 1 is 1.21 bits per heavy atom. The zero-order chi connectivity index (χ0) is 17.7. The van der Waals surface area contributed by atoms with E-state index in [-0.39, 0.29) is 17.0 Å². The molecule has 0 saturated carbocycles. The van der Waals surface area contributed by atoms with E-state index in [1.807, 2.05) is 0 Å². The van der Waals surface area contributed by atoms with Gasteiger partial charge in [-0.25, -0.2) is 9.82 Å². The van der Waals surface area contributed by atoms with Crippen molar-refractivity contribution in [2.24, 2.45) is 5.10 Å². The average molecular weight is 331 g/mol. The minimum atomic E-state index is -0.563. The van der Waals surface area contributed by atoms with Crippen LogP contribution in [-0.4, -0.2) is 23.7 Å². The predicted octanol–water partition coefficient (Wildman–Crippen LogP) is 2.90. The lowest BCUT2D eigenvalue weighted by Gasteiger charge is -2.05. The van der Waals surface area contributed by atoms with Gasteiger partial charge in [-0.15, -0.1) is 0 Å². The van der Waals surface area contributed by atoms with E-state index in [4.69, 9.17) is 4.74 Å². The number of hydrazone groups is 1. The van der Waals surface area contributed by atoms with Crippen LogP contribution in [0, 0.1) is 15.9 Å². The molecule has 0 fully saturated rings. The Morgan fingerprint density at radius 2 is 1.83 bits per heavy atom. The van der Waals surface area contributed by atoms with Gasteiger partial charge in [0.25, 0.3) is 5.91 Å². The summed E-state index contributed by atoms with van der Waals surface area (Å²) < 4.78 is 17.8. The Labute approximate surface area is 136 Å². The fraction of sp³-hybridized carbons (Fsp3) is 0.125. The van der Waals surface area contributed by atoms with Gasteiger partial charge in [-0.1, -0.05) is 0 Å². The Bertz CT molecular complexity index is 803. The lowest BCUT2D eigenvalue weighted by molar-refractivity contribution is -0.385. The molecule has 0 spiro atoms. The van der Waals surface area contributed by atoms with E-state index in [0.29, 0.717) is 11.3 Å². The normalized spacial score (nSPS) is 11.0. The molecule has 0 aromatic heterocycles. The topological polar surface area (TPSA) is 93.8 Å². The summed E-state index contributed by atoms with van der Waals surface area (Å²) in [4.78, 5) is 22.4. The summed E-state index contributed by atoms with van der Waals surface area (Å²) in [7, 11) is 1.34. The number of ether oxygens (including phenoxy) is 1. The maximum Gasteiger partial charge on any atom is 0.311 e. The van der Waals surface area contributed by atoms with E-state index >= 15 is 0 Å². The maximum atomic E-state index is 12.8. The first-order chi connectivity index (χ1) is 11.4. The van der Waals surface area contributed by atoms with Gasteiger partial charge in [-0.3, -0.25) is 14.9 Å². The third kappa shape index (κ3) is 3.92. The fourth-order valence-electron chi connectivity index (χ4n) is 1.92. The first-order valence-electron chi connectivity index (χ1n) is 6.85. The number of rotatable bonds is 5. The summed E-state index contributed by atoms with van der Waals surface area (Å²) in [6.45, 7) is 1.59. The van der Waals surface area contributed by atoms with Crippen LogP contribution in [0.3, 0.4) is 0 Å². The molecule has 2 aromatic rings. The fourth-order valence-corrected chi connectivity index (χ4v) is 1.92. The Hall–Kier alpha value is -3.29. The van der Waals surface area contributed by atoms with Gasteiger partial charge in [-0.05, 0) is 43.3 Å². The molecule has 24 heavy (non-hydrogen) atoms. The van der Waals surface area contributed by atoms with Crippen LogP contribution in [-0.2, 0) is 0 Å². The second kappa shape index (κ2) is 7.32. The molecule has 0 aliphatic rings. The Kier molecular flexibility index (Phi) is 5.20. The summed E-state index contributed by atoms with van der Waals surface area (Å²) in [5.74, 6) is -0.832. The highest BCUT2D eigenvalue weighted by Gasteiger charge is 2.16. The Morgan fingerprint density at radius 3 is 2.42 bits per heavy atom. The van der Waals surface area contributed by atoms with Crippen LogP contribution >= 0.6 is 0 Å². The van der Waals surface area contributed by atoms with Crippen LogP contribution in [0.4, 0.5) is 10.1 Å². The number of nitro groups is 1. The van der Waals surface area contributed by atoms with Crippen molar-refractivity contribution in [1.82, 2.24) is 5.43 Å². The van der Waals surface area contributed by atoms with Crippen molar-refractivity contribution in [2.75, 3.05) is 7.11 Å². The van der Waals surface area contributed by atoms with Crippen LogP contribution < -0.4 is 10.2 Å². The van der Waals surface area contributed by atoms with Gasteiger partial charge >= 0.3 is 5.69 Å². The van der Waals surface area contributed by atoms with Crippen molar-refractivity contribution in [2.45, 2.75) is 6.92 Å². The van der Waals surface area contributed by atoms with Crippen molar-refractivity contribution < 1.29 is 18.8 Å². The molecule has 0 radical (unpaired) electrons. The number of halogens is 1. The van der Waals surface area contributed by atoms with Gasteiger partial charge in [-0.2, -0.15) is 5.10 Å². The Balaban J connectivity index is 2.18. The molecule has 0 bridgehead atoms. The quantitative estimate of drug-likeness (QED) is 0.518. The maximum absolute atomic E-state index is 12.8. The highest BCUT2D eigenvalue weighted by atomic mass is 19.1. The largest absolute Gasteiger partial charge is 0.490 e. The van der Waals surface area contributed by atoms with Crippen LogP contribution in [0.2, 0.25) is 0 Å². The third-order valence-corrected chi connectivity index (χ3v) is 3.22. The number of hydrogen-bond donors (Lipinski definition) is 1. The molecule has 124 valence electrons. The van der Waals surface area contributed by atoms with E-state index < -0.39 is 16.6 Å². The molecule has 2 aromatic carbocycles. The van der Waals surface area contributed by atoms with E-state index in [0.717, 1.165) is 12.1 Å². The monoisotopic (exact) mass is 331 g/mol. The third-order valence-electron chi connectivity index (χ3n) is 3.22. The zero-order valence-corrected chi connectivity index (χ0v) is 12.9. The predicted molar refractivity (Wildman–Crippen MR) is 85.7 cm³/mol. The van der Waals surface area contributed by atoms with Crippen molar-refractivity contribution in [3.05, 3.63) is 69.5 Å². The second-order valence-corrected chi connectivity index (χ2v) is 4.79. The van der Waals surface area contributed by atoms with Gasteiger partial charge in [0.05, 0.1) is 17.7 Å². The van der Waals surface area contributed by atoms with Crippen LogP contribution in [0.1, 0.15) is 22.8 Å².